The largest absolute Gasteiger partial charge is 0.417 e. The molecule has 0 aliphatic carbocycles. The molecule has 0 atom stereocenters. The highest BCUT2D eigenvalue weighted by Gasteiger charge is 2.36. The van der Waals surface area contributed by atoms with E-state index in [2.05, 4.69) is 0 Å². The minimum Gasteiger partial charge on any atom is -0.166 e. The summed E-state index contributed by atoms with van der Waals surface area (Å²) in [6.45, 7) is 1.50. The van der Waals surface area contributed by atoms with Crippen molar-refractivity contribution in [1.29, 1.82) is 0 Å². The van der Waals surface area contributed by atoms with Gasteiger partial charge in [-0.15, -0.1) is 0 Å². The second-order valence-corrected chi connectivity index (χ2v) is 5.41. The van der Waals surface area contributed by atoms with E-state index in [1.165, 1.54) is 13.0 Å². The van der Waals surface area contributed by atoms with Crippen LogP contribution >= 0.6 is 0 Å². The van der Waals surface area contributed by atoms with E-state index in [0.29, 0.717) is 11.1 Å². The van der Waals surface area contributed by atoms with Crippen LogP contribution < -0.4 is 0 Å². The molecule has 0 N–H and O–H groups in total. The molecule has 0 bridgehead atoms. The van der Waals surface area contributed by atoms with E-state index < -0.39 is 11.7 Å². The summed E-state index contributed by atoms with van der Waals surface area (Å²) in [4.78, 5) is 0. The van der Waals surface area contributed by atoms with Gasteiger partial charge in [0.25, 0.3) is 0 Å². The summed E-state index contributed by atoms with van der Waals surface area (Å²) in [7, 11) is 0. The Bertz CT molecular complexity index is 804. The summed E-state index contributed by atoms with van der Waals surface area (Å²) in [5.41, 5.74) is 1.85. The van der Waals surface area contributed by atoms with Crippen LogP contribution in [0.2, 0.25) is 0 Å². The third-order valence-electron chi connectivity index (χ3n) is 3.84. The summed E-state index contributed by atoms with van der Waals surface area (Å²) in [6.07, 6.45) is -4.40. The third-order valence-corrected chi connectivity index (χ3v) is 3.84. The number of alkyl halides is 3. The third kappa shape index (κ3) is 3.00. The van der Waals surface area contributed by atoms with Crippen molar-refractivity contribution >= 4 is 0 Å². The number of halogens is 3. The molecular formula is C20H15F3. The molecule has 0 aromatic heterocycles. The molecule has 0 spiro atoms. The zero-order valence-corrected chi connectivity index (χ0v) is 12.6. The molecule has 0 saturated heterocycles. The van der Waals surface area contributed by atoms with Crippen LogP contribution in [-0.2, 0) is 6.18 Å². The van der Waals surface area contributed by atoms with Crippen molar-refractivity contribution in [3.05, 3.63) is 83.9 Å². The average Bonchev–Trinajstić information content (AvgIpc) is 2.55. The van der Waals surface area contributed by atoms with Gasteiger partial charge in [0.2, 0.25) is 0 Å². The molecule has 23 heavy (non-hydrogen) atoms. The lowest BCUT2D eigenvalue weighted by Gasteiger charge is -2.20. The molecule has 116 valence electrons. The lowest BCUT2D eigenvalue weighted by Crippen LogP contribution is -2.10. The van der Waals surface area contributed by atoms with Gasteiger partial charge in [0.05, 0.1) is 5.56 Å². The van der Waals surface area contributed by atoms with Crippen LogP contribution in [0.15, 0.2) is 72.8 Å². The highest BCUT2D eigenvalue weighted by Crippen LogP contribution is 2.44. The minimum atomic E-state index is -4.40. The summed E-state index contributed by atoms with van der Waals surface area (Å²) >= 11 is 0. The smallest absolute Gasteiger partial charge is 0.166 e. The van der Waals surface area contributed by atoms with Gasteiger partial charge in [0.1, 0.15) is 0 Å². The van der Waals surface area contributed by atoms with Gasteiger partial charge in [-0.2, -0.15) is 13.2 Å². The van der Waals surface area contributed by atoms with Gasteiger partial charge in [0, 0.05) is 5.56 Å². The van der Waals surface area contributed by atoms with Crippen molar-refractivity contribution in [2.75, 3.05) is 0 Å². The van der Waals surface area contributed by atoms with Crippen molar-refractivity contribution < 1.29 is 13.2 Å². The normalized spacial score (nSPS) is 11.5. The first kappa shape index (κ1) is 15.3. The zero-order valence-electron chi connectivity index (χ0n) is 12.6. The Morgan fingerprint density at radius 2 is 1.17 bits per heavy atom. The Morgan fingerprint density at radius 1 is 0.652 bits per heavy atom. The first-order chi connectivity index (χ1) is 11.0. The number of benzene rings is 3. The summed E-state index contributed by atoms with van der Waals surface area (Å²) in [5, 5.41) is 0. The van der Waals surface area contributed by atoms with Gasteiger partial charge in [0.15, 0.2) is 0 Å². The fraction of sp³-hybridized carbons (Fsp3) is 0.100. The van der Waals surface area contributed by atoms with Crippen molar-refractivity contribution in [3.63, 3.8) is 0 Å². The van der Waals surface area contributed by atoms with Crippen molar-refractivity contribution in [2.45, 2.75) is 13.1 Å². The molecule has 0 aliphatic rings. The Labute approximate surface area is 133 Å². The van der Waals surface area contributed by atoms with Gasteiger partial charge >= 0.3 is 6.18 Å². The van der Waals surface area contributed by atoms with Gasteiger partial charge < -0.3 is 0 Å². The lowest BCUT2D eigenvalue weighted by atomic mass is 9.88. The maximum absolute atomic E-state index is 13.7. The number of aryl methyl sites for hydroxylation is 1. The molecule has 0 radical (unpaired) electrons. The predicted molar refractivity (Wildman–Crippen MR) is 87.1 cm³/mol. The Balaban J connectivity index is 2.38. The van der Waals surface area contributed by atoms with Gasteiger partial charge in [-0.05, 0) is 29.2 Å². The van der Waals surface area contributed by atoms with Crippen molar-refractivity contribution in [2.24, 2.45) is 0 Å². The van der Waals surface area contributed by atoms with Crippen LogP contribution in [0.4, 0.5) is 13.2 Å². The van der Waals surface area contributed by atoms with E-state index in [9.17, 15) is 13.2 Å². The molecule has 3 aromatic carbocycles. The lowest BCUT2D eigenvalue weighted by molar-refractivity contribution is -0.137. The molecule has 0 amide bonds. The first-order valence-electron chi connectivity index (χ1n) is 7.30. The number of rotatable bonds is 2. The molecule has 0 saturated carbocycles. The van der Waals surface area contributed by atoms with Crippen molar-refractivity contribution in [1.82, 2.24) is 0 Å². The molecule has 0 unspecified atom stereocenters. The summed E-state index contributed by atoms with van der Waals surface area (Å²) in [6, 6.07) is 21.2. The van der Waals surface area contributed by atoms with Crippen LogP contribution in [0.1, 0.15) is 11.1 Å². The summed E-state index contributed by atoms with van der Waals surface area (Å²) in [5.74, 6) is 0. The van der Waals surface area contributed by atoms with Gasteiger partial charge in [-0.1, -0.05) is 72.8 Å². The molecule has 0 nitrogen and oxygen atoms in total. The van der Waals surface area contributed by atoms with Crippen LogP contribution in [0.3, 0.4) is 0 Å². The second kappa shape index (κ2) is 5.92. The average molecular weight is 312 g/mol. The molecule has 3 rings (SSSR count). The van der Waals surface area contributed by atoms with E-state index in [-0.39, 0.29) is 11.1 Å². The van der Waals surface area contributed by atoms with Gasteiger partial charge in [-0.3, -0.25) is 0 Å². The van der Waals surface area contributed by atoms with E-state index in [1.54, 1.807) is 36.4 Å². The quantitative estimate of drug-likeness (QED) is 0.517. The molecule has 0 heterocycles. The zero-order chi connectivity index (χ0) is 16.4. The summed E-state index contributed by atoms with van der Waals surface area (Å²) < 4.78 is 41.1. The molecule has 3 aromatic rings. The van der Waals surface area contributed by atoms with Crippen LogP contribution in [-0.4, -0.2) is 0 Å². The molecule has 3 heteroatoms. The van der Waals surface area contributed by atoms with E-state index in [4.69, 9.17) is 0 Å². The molecular weight excluding hydrogens is 297 g/mol. The fourth-order valence-electron chi connectivity index (χ4n) is 2.84. The second-order valence-electron chi connectivity index (χ2n) is 5.41. The highest BCUT2D eigenvalue weighted by atomic mass is 19.4. The van der Waals surface area contributed by atoms with Crippen molar-refractivity contribution in [3.8, 4) is 22.3 Å². The first-order valence-corrected chi connectivity index (χ1v) is 7.30. The Kier molecular flexibility index (Phi) is 3.95. The predicted octanol–water partition coefficient (Wildman–Crippen LogP) is 6.35. The van der Waals surface area contributed by atoms with Gasteiger partial charge in [-0.25, -0.2) is 0 Å². The number of hydrogen-bond acceptors (Lipinski definition) is 0. The Morgan fingerprint density at radius 3 is 1.70 bits per heavy atom. The maximum atomic E-state index is 13.7. The minimum absolute atomic E-state index is 0.232. The van der Waals surface area contributed by atoms with Crippen LogP contribution in [0, 0.1) is 6.92 Å². The van der Waals surface area contributed by atoms with E-state index >= 15 is 0 Å². The van der Waals surface area contributed by atoms with Crippen LogP contribution in [0.25, 0.3) is 22.3 Å². The molecule has 0 fully saturated rings. The Hall–Kier alpha value is -2.55. The standard InChI is InChI=1S/C20H15F3/c1-14-12-13-17(15-8-4-2-5-9-15)18(19(14)20(21,22)23)16-10-6-3-7-11-16/h2-13H,1H3. The monoisotopic (exact) mass is 312 g/mol. The maximum Gasteiger partial charge on any atom is 0.417 e. The topological polar surface area (TPSA) is 0 Å². The van der Waals surface area contributed by atoms with E-state index in [0.717, 1.165) is 5.56 Å². The SMILES string of the molecule is Cc1ccc(-c2ccccc2)c(-c2ccccc2)c1C(F)(F)F. The highest BCUT2D eigenvalue weighted by molar-refractivity contribution is 5.86. The molecule has 0 aliphatic heterocycles. The van der Waals surface area contributed by atoms with Crippen LogP contribution in [0.5, 0.6) is 0 Å². The number of hydrogen-bond donors (Lipinski definition) is 0. The fourth-order valence-corrected chi connectivity index (χ4v) is 2.84. The van der Waals surface area contributed by atoms with E-state index in [1.807, 2.05) is 30.3 Å².